The van der Waals surface area contributed by atoms with Gasteiger partial charge in [-0.1, -0.05) is 39.4 Å². The standard InChI is InChI=1S/C18H17BrN2O3S/c1-23-10-9-21-14-8-7-12(19)11-16(14)25-18(21)20-17(22)13-5-3-4-6-15(13)24-2/h3-8,11H,9-10H2,1-2H3. The van der Waals surface area contributed by atoms with Crippen LogP contribution in [0.2, 0.25) is 0 Å². The minimum Gasteiger partial charge on any atom is -0.496 e. The van der Waals surface area contributed by atoms with Gasteiger partial charge in [0.25, 0.3) is 5.91 Å². The van der Waals surface area contributed by atoms with E-state index < -0.39 is 0 Å². The predicted octanol–water partition coefficient (Wildman–Crippen LogP) is 3.86. The van der Waals surface area contributed by atoms with Gasteiger partial charge in [0.2, 0.25) is 0 Å². The van der Waals surface area contributed by atoms with Crippen LogP contribution in [0.3, 0.4) is 0 Å². The van der Waals surface area contributed by atoms with Crippen molar-refractivity contribution in [3.63, 3.8) is 0 Å². The number of hydrogen-bond acceptors (Lipinski definition) is 4. The number of thiazole rings is 1. The van der Waals surface area contributed by atoms with E-state index in [1.54, 1.807) is 32.4 Å². The second kappa shape index (κ2) is 7.95. The Bertz CT molecular complexity index is 978. The maximum Gasteiger partial charge on any atom is 0.283 e. The van der Waals surface area contributed by atoms with E-state index >= 15 is 0 Å². The summed E-state index contributed by atoms with van der Waals surface area (Å²) in [6, 6.07) is 13.1. The van der Waals surface area contributed by atoms with Crippen LogP contribution in [-0.4, -0.2) is 31.3 Å². The highest BCUT2D eigenvalue weighted by Crippen LogP contribution is 2.23. The minimum absolute atomic E-state index is 0.325. The van der Waals surface area contributed by atoms with Crippen molar-refractivity contribution in [1.82, 2.24) is 4.57 Å². The molecule has 0 fully saturated rings. The third-order valence-electron chi connectivity index (χ3n) is 3.70. The third-order valence-corrected chi connectivity index (χ3v) is 5.23. The topological polar surface area (TPSA) is 52.8 Å². The Morgan fingerprint density at radius 1 is 1.24 bits per heavy atom. The summed E-state index contributed by atoms with van der Waals surface area (Å²) >= 11 is 4.96. The molecule has 0 aliphatic rings. The van der Waals surface area contributed by atoms with Crippen molar-refractivity contribution >= 4 is 43.4 Å². The number of fused-ring (bicyclic) bond motifs is 1. The van der Waals surface area contributed by atoms with Crippen molar-refractivity contribution < 1.29 is 14.3 Å². The van der Waals surface area contributed by atoms with E-state index in [0.29, 0.717) is 29.3 Å². The Balaban J connectivity index is 2.12. The van der Waals surface area contributed by atoms with Crippen molar-refractivity contribution in [2.45, 2.75) is 6.54 Å². The van der Waals surface area contributed by atoms with Gasteiger partial charge in [0.1, 0.15) is 5.75 Å². The van der Waals surface area contributed by atoms with Gasteiger partial charge in [0.05, 0.1) is 29.5 Å². The number of carbonyl (C=O) groups excluding carboxylic acids is 1. The van der Waals surface area contributed by atoms with Gasteiger partial charge >= 0.3 is 0 Å². The average molecular weight is 421 g/mol. The molecule has 0 spiro atoms. The quantitative estimate of drug-likeness (QED) is 0.629. The molecule has 7 heteroatoms. The molecular formula is C18H17BrN2O3S. The highest BCUT2D eigenvalue weighted by molar-refractivity contribution is 9.10. The highest BCUT2D eigenvalue weighted by atomic mass is 79.9. The van der Waals surface area contributed by atoms with Gasteiger partial charge < -0.3 is 14.0 Å². The lowest BCUT2D eigenvalue weighted by atomic mass is 10.2. The number of amides is 1. The SMILES string of the molecule is COCCn1c(=NC(=O)c2ccccc2OC)sc2cc(Br)ccc21. The van der Waals surface area contributed by atoms with Crippen molar-refractivity contribution in [2.75, 3.05) is 20.8 Å². The summed E-state index contributed by atoms with van der Waals surface area (Å²) in [5.74, 6) is 0.192. The molecular weight excluding hydrogens is 404 g/mol. The first-order chi connectivity index (χ1) is 12.1. The fourth-order valence-corrected chi connectivity index (χ4v) is 4.11. The summed E-state index contributed by atoms with van der Waals surface area (Å²) in [5.41, 5.74) is 1.47. The minimum atomic E-state index is -0.325. The van der Waals surface area contributed by atoms with Crippen LogP contribution >= 0.6 is 27.3 Å². The normalized spacial score (nSPS) is 11.9. The predicted molar refractivity (Wildman–Crippen MR) is 102 cm³/mol. The van der Waals surface area contributed by atoms with Crippen LogP contribution < -0.4 is 9.54 Å². The number of para-hydroxylation sites is 1. The van der Waals surface area contributed by atoms with Crippen molar-refractivity contribution in [2.24, 2.45) is 4.99 Å². The summed E-state index contributed by atoms with van der Waals surface area (Å²) in [6.45, 7) is 1.16. The van der Waals surface area contributed by atoms with Crippen molar-refractivity contribution in [1.29, 1.82) is 0 Å². The lowest BCUT2D eigenvalue weighted by molar-refractivity contribution is 0.0994. The molecule has 25 heavy (non-hydrogen) atoms. The maximum absolute atomic E-state index is 12.7. The molecule has 3 rings (SSSR count). The van der Waals surface area contributed by atoms with Crippen LogP contribution in [0.1, 0.15) is 10.4 Å². The lowest BCUT2D eigenvalue weighted by Gasteiger charge is -2.05. The first kappa shape index (κ1) is 17.8. The molecule has 0 N–H and O–H groups in total. The number of hydrogen-bond donors (Lipinski definition) is 0. The van der Waals surface area contributed by atoms with Gasteiger partial charge in [0.15, 0.2) is 4.80 Å². The number of halogens is 1. The molecule has 0 radical (unpaired) electrons. The zero-order chi connectivity index (χ0) is 17.8. The summed E-state index contributed by atoms with van der Waals surface area (Å²) in [5, 5.41) is 0. The van der Waals surface area contributed by atoms with Gasteiger partial charge in [-0.25, -0.2) is 0 Å². The van der Waals surface area contributed by atoms with E-state index in [4.69, 9.17) is 9.47 Å². The third kappa shape index (κ3) is 3.84. The number of rotatable bonds is 5. The molecule has 0 aliphatic carbocycles. The molecule has 3 aromatic rings. The van der Waals surface area contributed by atoms with Gasteiger partial charge in [-0.15, -0.1) is 0 Å². The molecule has 0 saturated heterocycles. The molecule has 130 valence electrons. The van der Waals surface area contributed by atoms with Crippen molar-refractivity contribution in [3.8, 4) is 5.75 Å². The summed E-state index contributed by atoms with van der Waals surface area (Å²) in [4.78, 5) is 17.7. The van der Waals surface area contributed by atoms with Crippen LogP contribution in [0.4, 0.5) is 0 Å². The Hall–Kier alpha value is -1.96. The molecule has 2 aromatic carbocycles. The number of aromatic nitrogens is 1. The molecule has 1 heterocycles. The number of benzene rings is 2. The van der Waals surface area contributed by atoms with E-state index in [1.807, 2.05) is 28.8 Å². The van der Waals surface area contributed by atoms with Crippen LogP contribution in [-0.2, 0) is 11.3 Å². The van der Waals surface area contributed by atoms with Crippen LogP contribution in [0.15, 0.2) is 51.9 Å². The molecule has 0 aliphatic heterocycles. The van der Waals surface area contributed by atoms with Crippen LogP contribution in [0.25, 0.3) is 10.2 Å². The van der Waals surface area contributed by atoms with Crippen LogP contribution in [0.5, 0.6) is 5.75 Å². The Morgan fingerprint density at radius 3 is 2.80 bits per heavy atom. The average Bonchev–Trinajstić information content (AvgIpc) is 2.95. The number of methoxy groups -OCH3 is 2. The van der Waals surface area contributed by atoms with E-state index in [1.165, 1.54) is 11.3 Å². The number of nitrogens with zero attached hydrogens (tertiary/aromatic N) is 2. The molecule has 0 saturated carbocycles. The summed E-state index contributed by atoms with van der Waals surface area (Å²) < 4.78 is 14.5. The fraction of sp³-hybridized carbons (Fsp3) is 0.222. The Kier molecular flexibility index (Phi) is 5.67. The molecule has 1 aromatic heterocycles. The molecule has 0 atom stereocenters. The molecule has 5 nitrogen and oxygen atoms in total. The monoisotopic (exact) mass is 420 g/mol. The van der Waals surface area contributed by atoms with Crippen molar-refractivity contribution in [3.05, 3.63) is 57.3 Å². The van der Waals surface area contributed by atoms with E-state index in [2.05, 4.69) is 20.9 Å². The number of ether oxygens (including phenoxy) is 2. The van der Waals surface area contributed by atoms with Gasteiger partial charge in [-0.2, -0.15) is 4.99 Å². The van der Waals surface area contributed by atoms with Crippen LogP contribution in [0, 0.1) is 0 Å². The zero-order valence-corrected chi connectivity index (χ0v) is 16.3. The summed E-state index contributed by atoms with van der Waals surface area (Å²) in [6.07, 6.45) is 0. The molecule has 1 amide bonds. The Labute approximate surface area is 157 Å². The Morgan fingerprint density at radius 2 is 2.04 bits per heavy atom. The lowest BCUT2D eigenvalue weighted by Crippen LogP contribution is -2.19. The van der Waals surface area contributed by atoms with Gasteiger partial charge in [-0.05, 0) is 30.3 Å². The largest absolute Gasteiger partial charge is 0.496 e. The first-order valence-corrected chi connectivity index (χ1v) is 9.25. The van der Waals surface area contributed by atoms with E-state index in [9.17, 15) is 4.79 Å². The molecule has 0 bridgehead atoms. The van der Waals surface area contributed by atoms with Gasteiger partial charge in [-0.3, -0.25) is 4.79 Å². The fourth-order valence-electron chi connectivity index (χ4n) is 2.50. The summed E-state index contributed by atoms with van der Waals surface area (Å²) in [7, 11) is 3.20. The number of carbonyl (C=O) groups is 1. The second-order valence-electron chi connectivity index (χ2n) is 5.26. The zero-order valence-electron chi connectivity index (χ0n) is 13.9. The second-order valence-corrected chi connectivity index (χ2v) is 7.18. The van der Waals surface area contributed by atoms with E-state index in [-0.39, 0.29) is 5.91 Å². The smallest absolute Gasteiger partial charge is 0.283 e. The highest BCUT2D eigenvalue weighted by Gasteiger charge is 2.13. The molecule has 0 unspecified atom stereocenters. The van der Waals surface area contributed by atoms with E-state index in [0.717, 1.165) is 14.7 Å². The maximum atomic E-state index is 12.7. The van der Waals surface area contributed by atoms with Gasteiger partial charge in [0, 0.05) is 18.1 Å². The first-order valence-electron chi connectivity index (χ1n) is 7.64.